The van der Waals surface area contributed by atoms with Crippen LogP contribution in [0.3, 0.4) is 0 Å². The molecule has 0 heterocycles. The van der Waals surface area contributed by atoms with Crippen LogP contribution < -0.4 is 0 Å². The van der Waals surface area contributed by atoms with Crippen LogP contribution in [-0.2, 0) is 12.8 Å². The predicted octanol–water partition coefficient (Wildman–Crippen LogP) is 7.55. The SMILES string of the molecule is C#Cc1ccc(CCC(CCc2ccc(F)cc2C)C(C)c2ccc(C)cc2)c(F)c1. The van der Waals surface area contributed by atoms with Crippen molar-refractivity contribution in [1.29, 1.82) is 0 Å². The van der Waals surface area contributed by atoms with Crippen molar-refractivity contribution in [3.63, 3.8) is 0 Å². The van der Waals surface area contributed by atoms with E-state index in [1.807, 2.05) is 19.1 Å². The van der Waals surface area contributed by atoms with Gasteiger partial charge in [0.25, 0.3) is 0 Å². The molecule has 3 rings (SSSR count). The molecule has 0 aliphatic heterocycles. The average Bonchev–Trinajstić information content (AvgIpc) is 2.75. The van der Waals surface area contributed by atoms with E-state index in [-0.39, 0.29) is 11.6 Å². The zero-order chi connectivity index (χ0) is 22.4. The predicted molar refractivity (Wildman–Crippen MR) is 125 cm³/mol. The minimum absolute atomic E-state index is 0.197. The maximum Gasteiger partial charge on any atom is 0.127 e. The summed E-state index contributed by atoms with van der Waals surface area (Å²) in [5.41, 5.74) is 5.97. The van der Waals surface area contributed by atoms with Crippen molar-refractivity contribution in [2.24, 2.45) is 5.92 Å². The average molecular weight is 417 g/mol. The quantitative estimate of drug-likeness (QED) is 0.333. The molecule has 160 valence electrons. The first-order valence-electron chi connectivity index (χ1n) is 10.9. The van der Waals surface area contributed by atoms with E-state index in [4.69, 9.17) is 6.42 Å². The number of halogens is 2. The van der Waals surface area contributed by atoms with Crippen LogP contribution in [0.1, 0.15) is 59.1 Å². The Morgan fingerprint density at radius 1 is 0.839 bits per heavy atom. The highest BCUT2D eigenvalue weighted by Crippen LogP contribution is 2.32. The van der Waals surface area contributed by atoms with Crippen LogP contribution in [-0.4, -0.2) is 0 Å². The summed E-state index contributed by atoms with van der Waals surface area (Å²) in [6, 6.07) is 18.7. The van der Waals surface area contributed by atoms with Crippen molar-refractivity contribution in [3.8, 4) is 12.3 Å². The van der Waals surface area contributed by atoms with E-state index in [0.717, 1.165) is 24.8 Å². The number of benzene rings is 3. The van der Waals surface area contributed by atoms with Gasteiger partial charge in [-0.05, 0) is 97.9 Å². The zero-order valence-electron chi connectivity index (χ0n) is 18.6. The van der Waals surface area contributed by atoms with Crippen LogP contribution in [0.5, 0.6) is 0 Å². The lowest BCUT2D eigenvalue weighted by molar-refractivity contribution is 0.385. The Bertz CT molecular complexity index is 1060. The molecule has 0 fully saturated rings. The summed E-state index contributed by atoms with van der Waals surface area (Å²) in [5.74, 6) is 2.77. The number of rotatable bonds is 8. The second kappa shape index (κ2) is 10.4. The van der Waals surface area contributed by atoms with Gasteiger partial charge in [-0.15, -0.1) is 6.42 Å². The van der Waals surface area contributed by atoms with Crippen molar-refractivity contribution in [1.82, 2.24) is 0 Å². The van der Waals surface area contributed by atoms with Gasteiger partial charge in [-0.2, -0.15) is 0 Å². The molecule has 0 saturated carbocycles. The van der Waals surface area contributed by atoms with Gasteiger partial charge in [0.05, 0.1) is 0 Å². The largest absolute Gasteiger partial charge is 0.207 e. The third-order valence-corrected chi connectivity index (χ3v) is 6.40. The summed E-state index contributed by atoms with van der Waals surface area (Å²) < 4.78 is 27.9. The molecule has 31 heavy (non-hydrogen) atoms. The molecule has 0 aliphatic rings. The normalized spacial score (nSPS) is 12.9. The maximum absolute atomic E-state index is 14.5. The van der Waals surface area contributed by atoms with Crippen molar-refractivity contribution in [2.45, 2.75) is 52.4 Å². The number of hydrogen-bond acceptors (Lipinski definition) is 0. The molecule has 3 aromatic rings. The lowest BCUT2D eigenvalue weighted by Gasteiger charge is -2.25. The maximum atomic E-state index is 14.5. The van der Waals surface area contributed by atoms with E-state index >= 15 is 0 Å². The number of terminal acetylenes is 1. The molecule has 2 unspecified atom stereocenters. The lowest BCUT2D eigenvalue weighted by atomic mass is 9.80. The summed E-state index contributed by atoms with van der Waals surface area (Å²) >= 11 is 0. The third kappa shape index (κ3) is 6.05. The topological polar surface area (TPSA) is 0 Å². The summed E-state index contributed by atoms with van der Waals surface area (Å²) in [6.07, 6.45) is 8.77. The Balaban J connectivity index is 1.77. The molecule has 0 spiro atoms. The van der Waals surface area contributed by atoms with E-state index in [1.165, 1.54) is 28.8 Å². The van der Waals surface area contributed by atoms with E-state index in [0.29, 0.717) is 29.4 Å². The highest BCUT2D eigenvalue weighted by Gasteiger charge is 2.20. The Kier molecular flexibility index (Phi) is 7.64. The Hall–Kier alpha value is -2.92. The van der Waals surface area contributed by atoms with Gasteiger partial charge in [0.15, 0.2) is 0 Å². The van der Waals surface area contributed by atoms with Crippen LogP contribution in [0.4, 0.5) is 8.78 Å². The molecule has 0 aliphatic carbocycles. The van der Waals surface area contributed by atoms with E-state index < -0.39 is 0 Å². The van der Waals surface area contributed by atoms with Crippen molar-refractivity contribution >= 4 is 0 Å². The molecular weight excluding hydrogens is 386 g/mol. The molecule has 0 amide bonds. The van der Waals surface area contributed by atoms with Gasteiger partial charge in [-0.3, -0.25) is 0 Å². The summed E-state index contributed by atoms with van der Waals surface area (Å²) in [6.45, 7) is 6.30. The van der Waals surface area contributed by atoms with Gasteiger partial charge in [0.1, 0.15) is 11.6 Å². The first-order chi connectivity index (χ1) is 14.9. The Morgan fingerprint density at radius 2 is 1.48 bits per heavy atom. The molecule has 0 nitrogen and oxygen atoms in total. The molecule has 2 heteroatoms. The molecule has 0 saturated heterocycles. The van der Waals surface area contributed by atoms with Crippen molar-refractivity contribution < 1.29 is 8.78 Å². The van der Waals surface area contributed by atoms with Crippen LogP contribution in [0, 0.1) is 43.7 Å². The fourth-order valence-electron chi connectivity index (χ4n) is 4.25. The molecule has 0 aromatic heterocycles. The summed E-state index contributed by atoms with van der Waals surface area (Å²) in [7, 11) is 0. The van der Waals surface area contributed by atoms with E-state index in [1.54, 1.807) is 12.1 Å². The van der Waals surface area contributed by atoms with Gasteiger partial charge in [-0.25, -0.2) is 8.78 Å². The van der Waals surface area contributed by atoms with E-state index in [2.05, 4.69) is 44.0 Å². The minimum Gasteiger partial charge on any atom is -0.207 e. The smallest absolute Gasteiger partial charge is 0.127 e. The van der Waals surface area contributed by atoms with Gasteiger partial charge < -0.3 is 0 Å². The van der Waals surface area contributed by atoms with Crippen LogP contribution >= 0.6 is 0 Å². The molecular formula is C29H30F2. The first kappa shape index (κ1) is 22.8. The fraction of sp³-hybridized carbons (Fsp3) is 0.310. The lowest BCUT2D eigenvalue weighted by Crippen LogP contribution is -2.13. The second-order valence-corrected chi connectivity index (χ2v) is 8.56. The fourth-order valence-corrected chi connectivity index (χ4v) is 4.25. The van der Waals surface area contributed by atoms with Gasteiger partial charge in [-0.1, -0.05) is 54.8 Å². The van der Waals surface area contributed by atoms with Gasteiger partial charge in [0.2, 0.25) is 0 Å². The van der Waals surface area contributed by atoms with Crippen LogP contribution in [0.25, 0.3) is 0 Å². The zero-order valence-corrected chi connectivity index (χ0v) is 18.6. The molecule has 0 bridgehead atoms. The highest BCUT2D eigenvalue weighted by molar-refractivity contribution is 5.35. The first-order valence-corrected chi connectivity index (χ1v) is 10.9. The summed E-state index contributed by atoms with van der Waals surface area (Å²) in [5, 5.41) is 0. The monoisotopic (exact) mass is 416 g/mol. The highest BCUT2D eigenvalue weighted by atomic mass is 19.1. The summed E-state index contributed by atoms with van der Waals surface area (Å²) in [4.78, 5) is 0. The molecule has 3 aromatic carbocycles. The standard InChI is InChI=1S/C29H30F2/c1-5-23-8-11-27(29(31)19-23)15-14-26(22(4)25-9-6-20(2)7-10-25)13-12-24-16-17-28(30)18-21(24)3/h1,6-11,16-19,22,26H,12-15H2,2-4H3. The number of aryl methyl sites for hydroxylation is 4. The van der Waals surface area contributed by atoms with Gasteiger partial charge >= 0.3 is 0 Å². The van der Waals surface area contributed by atoms with Crippen molar-refractivity contribution in [3.05, 3.63) is 106 Å². The van der Waals surface area contributed by atoms with Crippen LogP contribution in [0.15, 0.2) is 60.7 Å². The molecule has 2 atom stereocenters. The minimum atomic E-state index is -0.230. The third-order valence-electron chi connectivity index (χ3n) is 6.40. The second-order valence-electron chi connectivity index (χ2n) is 8.56. The Labute approximate surface area is 185 Å². The Morgan fingerprint density at radius 3 is 2.10 bits per heavy atom. The van der Waals surface area contributed by atoms with E-state index in [9.17, 15) is 8.78 Å². The molecule has 0 radical (unpaired) electrons. The van der Waals surface area contributed by atoms with Crippen LogP contribution in [0.2, 0.25) is 0 Å². The van der Waals surface area contributed by atoms with Crippen molar-refractivity contribution in [2.75, 3.05) is 0 Å². The molecule has 0 N–H and O–H groups in total. The number of hydrogen-bond donors (Lipinski definition) is 0. The van der Waals surface area contributed by atoms with Gasteiger partial charge in [0, 0.05) is 5.56 Å².